The van der Waals surface area contributed by atoms with Gasteiger partial charge in [-0.15, -0.1) is 0 Å². The molecule has 1 aromatic rings. The second-order valence-corrected chi connectivity index (χ2v) is 5.24. The fourth-order valence-corrected chi connectivity index (χ4v) is 2.68. The molecule has 0 radical (unpaired) electrons. The van der Waals surface area contributed by atoms with Crippen LogP contribution in [0.1, 0.15) is 24.2 Å². The van der Waals surface area contributed by atoms with E-state index in [0.29, 0.717) is 5.56 Å². The summed E-state index contributed by atoms with van der Waals surface area (Å²) in [6.07, 6.45) is -1.41. The lowest BCUT2D eigenvalue weighted by Crippen LogP contribution is -2.55. The zero-order valence-corrected chi connectivity index (χ0v) is 12.8. The van der Waals surface area contributed by atoms with Gasteiger partial charge in [-0.05, 0) is 19.1 Å². The van der Waals surface area contributed by atoms with Crippen LogP contribution in [-0.4, -0.2) is 44.8 Å². The number of rotatable bonds is 4. The number of methoxy groups -OCH3 is 2. The van der Waals surface area contributed by atoms with Crippen molar-refractivity contribution >= 4 is 5.97 Å². The summed E-state index contributed by atoms with van der Waals surface area (Å²) in [5.41, 5.74) is 0.515. The largest absolute Gasteiger partial charge is 0.453 e. The Labute approximate surface area is 125 Å². The first kappa shape index (κ1) is 15.9. The van der Waals surface area contributed by atoms with Gasteiger partial charge in [0.05, 0.1) is 11.7 Å². The first-order valence-electron chi connectivity index (χ1n) is 7.05. The molecule has 0 bridgehead atoms. The van der Waals surface area contributed by atoms with Crippen LogP contribution in [0.2, 0.25) is 0 Å². The molecule has 1 fully saturated rings. The van der Waals surface area contributed by atoms with Crippen LogP contribution >= 0.6 is 0 Å². The maximum absolute atomic E-state index is 12.2. The van der Waals surface area contributed by atoms with Gasteiger partial charge in [-0.2, -0.15) is 0 Å². The third-order valence-corrected chi connectivity index (χ3v) is 3.84. The summed E-state index contributed by atoms with van der Waals surface area (Å²) in [5, 5.41) is 0. The van der Waals surface area contributed by atoms with Crippen molar-refractivity contribution in [1.82, 2.24) is 0 Å². The van der Waals surface area contributed by atoms with Gasteiger partial charge in [-0.3, -0.25) is 0 Å². The summed E-state index contributed by atoms with van der Waals surface area (Å²) < 4.78 is 22.2. The van der Waals surface area contributed by atoms with Crippen LogP contribution in [0.4, 0.5) is 0 Å². The summed E-state index contributed by atoms with van der Waals surface area (Å²) in [5.74, 6) is -0.411. The molecule has 1 aliphatic heterocycles. The number of carbonyl (C=O) groups is 1. The van der Waals surface area contributed by atoms with Crippen LogP contribution in [0.25, 0.3) is 0 Å². The van der Waals surface area contributed by atoms with Crippen molar-refractivity contribution in [2.75, 3.05) is 14.2 Å². The first-order valence-corrected chi connectivity index (χ1v) is 7.05. The molecule has 0 spiro atoms. The summed E-state index contributed by atoms with van der Waals surface area (Å²) >= 11 is 0. The molecule has 5 heteroatoms. The van der Waals surface area contributed by atoms with Gasteiger partial charge < -0.3 is 18.9 Å². The Hall–Kier alpha value is -1.43. The Balaban J connectivity index is 2.12. The van der Waals surface area contributed by atoms with Crippen molar-refractivity contribution in [2.45, 2.75) is 38.4 Å². The summed E-state index contributed by atoms with van der Waals surface area (Å²) in [4.78, 5) is 12.2. The van der Waals surface area contributed by atoms with Gasteiger partial charge in [0.1, 0.15) is 6.10 Å². The lowest BCUT2D eigenvalue weighted by atomic mass is 9.92. The smallest absolute Gasteiger partial charge is 0.338 e. The van der Waals surface area contributed by atoms with E-state index >= 15 is 0 Å². The molecular weight excluding hydrogens is 272 g/mol. The molecular formula is C16H22O5. The highest BCUT2D eigenvalue weighted by Gasteiger charge is 2.44. The second kappa shape index (κ2) is 7.02. The van der Waals surface area contributed by atoms with Gasteiger partial charge in [0, 0.05) is 20.1 Å². The average Bonchev–Trinajstić information content (AvgIpc) is 2.51. The maximum Gasteiger partial charge on any atom is 0.338 e. The Morgan fingerprint density at radius 1 is 1.05 bits per heavy atom. The molecule has 0 aromatic heterocycles. The quantitative estimate of drug-likeness (QED) is 0.797. The molecule has 1 saturated heterocycles. The predicted molar refractivity (Wildman–Crippen MR) is 77.0 cm³/mol. The summed E-state index contributed by atoms with van der Waals surface area (Å²) in [6.45, 7) is 3.81. The number of ether oxygens (including phenoxy) is 4. The van der Waals surface area contributed by atoms with Crippen LogP contribution < -0.4 is 0 Å². The third kappa shape index (κ3) is 3.43. The molecule has 0 aliphatic carbocycles. The van der Waals surface area contributed by atoms with E-state index < -0.39 is 6.10 Å². The van der Waals surface area contributed by atoms with E-state index in [1.807, 2.05) is 19.9 Å². The normalized spacial score (nSPS) is 32.7. The fourth-order valence-electron chi connectivity index (χ4n) is 2.68. The maximum atomic E-state index is 12.2. The van der Waals surface area contributed by atoms with E-state index in [1.54, 1.807) is 38.5 Å². The van der Waals surface area contributed by atoms with Gasteiger partial charge in [0.25, 0.3) is 0 Å². The Morgan fingerprint density at radius 2 is 1.71 bits per heavy atom. The highest BCUT2D eigenvalue weighted by molar-refractivity contribution is 5.89. The zero-order chi connectivity index (χ0) is 15.4. The highest BCUT2D eigenvalue weighted by Crippen LogP contribution is 2.30. The third-order valence-electron chi connectivity index (χ3n) is 3.84. The molecule has 5 unspecified atom stereocenters. The first-order chi connectivity index (χ1) is 10.1. The van der Waals surface area contributed by atoms with Crippen LogP contribution in [0.5, 0.6) is 0 Å². The number of hydrogen-bond donors (Lipinski definition) is 0. The molecule has 5 atom stereocenters. The molecule has 0 N–H and O–H groups in total. The number of carbonyl (C=O) groups excluding carboxylic acids is 1. The molecule has 0 saturated carbocycles. The van der Waals surface area contributed by atoms with Crippen molar-refractivity contribution in [3.63, 3.8) is 0 Å². The van der Waals surface area contributed by atoms with Gasteiger partial charge >= 0.3 is 5.97 Å². The monoisotopic (exact) mass is 294 g/mol. The zero-order valence-electron chi connectivity index (χ0n) is 12.8. The van der Waals surface area contributed by atoms with Gasteiger partial charge in [-0.25, -0.2) is 4.79 Å². The van der Waals surface area contributed by atoms with E-state index in [4.69, 9.17) is 18.9 Å². The summed E-state index contributed by atoms with van der Waals surface area (Å²) in [7, 11) is 3.20. The minimum atomic E-state index is -0.468. The lowest BCUT2D eigenvalue weighted by Gasteiger charge is -2.42. The van der Waals surface area contributed by atoms with Crippen molar-refractivity contribution in [3.05, 3.63) is 35.9 Å². The van der Waals surface area contributed by atoms with E-state index in [9.17, 15) is 4.79 Å². The minimum absolute atomic E-state index is 0.0372. The Morgan fingerprint density at radius 3 is 2.29 bits per heavy atom. The van der Waals surface area contributed by atoms with Gasteiger partial charge in [0.15, 0.2) is 12.4 Å². The topological polar surface area (TPSA) is 54.0 Å². The van der Waals surface area contributed by atoms with Crippen LogP contribution in [0.3, 0.4) is 0 Å². The summed E-state index contributed by atoms with van der Waals surface area (Å²) in [6, 6.07) is 8.90. The van der Waals surface area contributed by atoms with E-state index in [0.717, 1.165) is 0 Å². The lowest BCUT2D eigenvalue weighted by molar-refractivity contribution is -0.268. The molecule has 116 valence electrons. The van der Waals surface area contributed by atoms with Gasteiger partial charge in [0.2, 0.25) is 0 Å². The van der Waals surface area contributed by atoms with Crippen molar-refractivity contribution in [2.24, 2.45) is 5.92 Å². The molecule has 0 amide bonds. The minimum Gasteiger partial charge on any atom is -0.453 e. The number of hydrogen-bond acceptors (Lipinski definition) is 5. The van der Waals surface area contributed by atoms with E-state index in [-0.39, 0.29) is 30.4 Å². The predicted octanol–water partition coefficient (Wildman–Crippen LogP) is 2.25. The van der Waals surface area contributed by atoms with E-state index in [2.05, 4.69) is 0 Å². The standard InChI is InChI=1S/C16H22O5/c1-10-13(18-3)14(11(2)20-16(10)19-4)21-15(17)12-8-6-5-7-9-12/h5-11,13-14,16H,1-4H3. The average molecular weight is 294 g/mol. The molecule has 1 heterocycles. The highest BCUT2D eigenvalue weighted by atomic mass is 16.7. The fraction of sp³-hybridized carbons (Fsp3) is 0.562. The Bertz CT molecular complexity index is 461. The van der Waals surface area contributed by atoms with Crippen molar-refractivity contribution in [3.8, 4) is 0 Å². The molecule has 1 aliphatic rings. The van der Waals surface area contributed by atoms with E-state index in [1.165, 1.54) is 0 Å². The number of esters is 1. The molecule has 21 heavy (non-hydrogen) atoms. The molecule has 1 aromatic carbocycles. The van der Waals surface area contributed by atoms with Crippen molar-refractivity contribution in [1.29, 1.82) is 0 Å². The van der Waals surface area contributed by atoms with Crippen molar-refractivity contribution < 1.29 is 23.7 Å². The number of benzene rings is 1. The van der Waals surface area contributed by atoms with Crippen LogP contribution in [0, 0.1) is 5.92 Å². The Kier molecular flexibility index (Phi) is 5.33. The van der Waals surface area contributed by atoms with Crippen LogP contribution in [0.15, 0.2) is 30.3 Å². The SMILES string of the molecule is COC1OC(C)C(OC(=O)c2ccccc2)C(OC)C1C. The molecule has 5 nitrogen and oxygen atoms in total. The molecule has 2 rings (SSSR count). The van der Waals surface area contributed by atoms with Gasteiger partial charge in [-0.1, -0.05) is 25.1 Å². The van der Waals surface area contributed by atoms with Crippen LogP contribution in [-0.2, 0) is 18.9 Å². The second-order valence-electron chi connectivity index (χ2n) is 5.24.